The third-order valence-corrected chi connectivity index (χ3v) is 4.44. The standard InChI is InChI=1S/C14H17N5OS/c1-9-12(21-14(15)17-9)13(20)18-10-4-5-11(16-8-10)19-6-2-3-7-19/h4-5,8H,2-3,6-7H2,1H3,(H2,15,17)(H,18,20). The highest BCUT2D eigenvalue weighted by Gasteiger charge is 2.16. The number of aryl methyl sites for hydroxylation is 1. The Balaban J connectivity index is 1.70. The third-order valence-electron chi connectivity index (χ3n) is 3.46. The number of nitrogens with two attached hydrogens (primary N) is 1. The van der Waals surface area contributed by atoms with E-state index in [0.717, 1.165) is 18.9 Å². The predicted octanol–water partition coefficient (Wildman–Crippen LogP) is 2.28. The SMILES string of the molecule is Cc1nc(N)sc1C(=O)Nc1ccc(N2CCCC2)nc1. The number of anilines is 3. The summed E-state index contributed by atoms with van der Waals surface area (Å²) in [4.78, 5) is 23.4. The second-order valence-electron chi connectivity index (χ2n) is 5.02. The Hall–Kier alpha value is -2.15. The van der Waals surface area contributed by atoms with E-state index in [2.05, 4.69) is 20.2 Å². The fourth-order valence-corrected chi connectivity index (χ4v) is 3.14. The van der Waals surface area contributed by atoms with E-state index in [1.165, 1.54) is 24.2 Å². The Bertz CT molecular complexity index is 646. The van der Waals surface area contributed by atoms with Gasteiger partial charge in [-0.2, -0.15) is 0 Å². The fraction of sp³-hybridized carbons (Fsp3) is 0.357. The number of nitrogens with one attached hydrogen (secondary N) is 1. The maximum Gasteiger partial charge on any atom is 0.267 e. The van der Waals surface area contributed by atoms with Crippen LogP contribution in [0.2, 0.25) is 0 Å². The Labute approximate surface area is 127 Å². The Morgan fingerprint density at radius 2 is 2.14 bits per heavy atom. The van der Waals surface area contributed by atoms with E-state index in [-0.39, 0.29) is 5.91 Å². The van der Waals surface area contributed by atoms with E-state index in [1.54, 1.807) is 13.1 Å². The van der Waals surface area contributed by atoms with Gasteiger partial charge >= 0.3 is 0 Å². The zero-order valence-corrected chi connectivity index (χ0v) is 12.6. The topological polar surface area (TPSA) is 84.1 Å². The number of nitrogen functional groups attached to an aromatic ring is 1. The van der Waals surface area contributed by atoms with E-state index in [1.807, 2.05) is 12.1 Å². The van der Waals surface area contributed by atoms with Crippen LogP contribution >= 0.6 is 11.3 Å². The molecule has 2 aromatic heterocycles. The summed E-state index contributed by atoms with van der Waals surface area (Å²) < 4.78 is 0. The minimum atomic E-state index is -0.197. The average Bonchev–Trinajstić information content (AvgIpc) is 3.09. The van der Waals surface area contributed by atoms with Crippen LogP contribution in [0.15, 0.2) is 18.3 Å². The lowest BCUT2D eigenvalue weighted by Crippen LogP contribution is -2.19. The minimum absolute atomic E-state index is 0.197. The fourth-order valence-electron chi connectivity index (χ4n) is 2.41. The number of thiazole rings is 1. The highest BCUT2D eigenvalue weighted by atomic mass is 32.1. The molecule has 110 valence electrons. The zero-order valence-electron chi connectivity index (χ0n) is 11.8. The van der Waals surface area contributed by atoms with Gasteiger partial charge in [-0.15, -0.1) is 0 Å². The van der Waals surface area contributed by atoms with Gasteiger partial charge in [-0.1, -0.05) is 11.3 Å². The molecule has 3 heterocycles. The van der Waals surface area contributed by atoms with Crippen LogP contribution in [0.4, 0.5) is 16.6 Å². The maximum atomic E-state index is 12.2. The van der Waals surface area contributed by atoms with Crippen molar-refractivity contribution in [3.63, 3.8) is 0 Å². The average molecular weight is 303 g/mol. The lowest BCUT2D eigenvalue weighted by Gasteiger charge is -2.16. The molecule has 0 spiro atoms. The van der Waals surface area contributed by atoms with Crippen LogP contribution in [0.1, 0.15) is 28.2 Å². The summed E-state index contributed by atoms with van der Waals surface area (Å²) >= 11 is 1.19. The largest absolute Gasteiger partial charge is 0.375 e. The van der Waals surface area contributed by atoms with E-state index >= 15 is 0 Å². The maximum absolute atomic E-state index is 12.2. The van der Waals surface area contributed by atoms with Gasteiger partial charge in [0.2, 0.25) is 0 Å². The van der Waals surface area contributed by atoms with E-state index < -0.39 is 0 Å². The first kappa shape index (κ1) is 13.8. The molecule has 1 aliphatic heterocycles. The van der Waals surface area contributed by atoms with Gasteiger partial charge < -0.3 is 16.0 Å². The molecular formula is C14H17N5OS. The molecule has 21 heavy (non-hydrogen) atoms. The summed E-state index contributed by atoms with van der Waals surface area (Å²) in [5.74, 6) is 0.765. The number of pyridine rings is 1. The molecule has 7 heteroatoms. The minimum Gasteiger partial charge on any atom is -0.375 e. The molecule has 0 unspecified atom stereocenters. The van der Waals surface area contributed by atoms with Crippen LogP contribution in [0.3, 0.4) is 0 Å². The molecule has 1 amide bonds. The molecular weight excluding hydrogens is 286 g/mol. The molecule has 2 aromatic rings. The van der Waals surface area contributed by atoms with Crippen molar-refractivity contribution < 1.29 is 4.79 Å². The number of aromatic nitrogens is 2. The van der Waals surface area contributed by atoms with Gasteiger partial charge in [0.15, 0.2) is 5.13 Å². The van der Waals surface area contributed by atoms with Crippen LogP contribution in [0.5, 0.6) is 0 Å². The third kappa shape index (κ3) is 2.97. The van der Waals surface area contributed by atoms with Crippen molar-refractivity contribution in [1.29, 1.82) is 0 Å². The Kier molecular flexibility index (Phi) is 3.74. The number of carbonyl (C=O) groups excluding carboxylic acids is 1. The molecule has 3 rings (SSSR count). The number of carbonyl (C=O) groups is 1. The van der Waals surface area contributed by atoms with Gasteiger partial charge in [0, 0.05) is 13.1 Å². The molecule has 1 saturated heterocycles. The quantitative estimate of drug-likeness (QED) is 0.908. The van der Waals surface area contributed by atoms with Crippen molar-refractivity contribution in [2.75, 3.05) is 29.0 Å². The molecule has 3 N–H and O–H groups in total. The summed E-state index contributed by atoms with van der Waals surface area (Å²) in [6.45, 7) is 3.88. The van der Waals surface area contributed by atoms with Crippen molar-refractivity contribution in [2.24, 2.45) is 0 Å². The summed E-state index contributed by atoms with van der Waals surface area (Å²) in [6.07, 6.45) is 4.11. The van der Waals surface area contributed by atoms with Crippen molar-refractivity contribution in [3.8, 4) is 0 Å². The molecule has 0 bridgehead atoms. The molecule has 6 nitrogen and oxygen atoms in total. The van der Waals surface area contributed by atoms with Crippen LogP contribution in [-0.4, -0.2) is 29.0 Å². The number of hydrogen-bond acceptors (Lipinski definition) is 6. The van der Waals surface area contributed by atoms with Crippen molar-refractivity contribution >= 4 is 33.9 Å². The number of hydrogen-bond donors (Lipinski definition) is 2. The van der Waals surface area contributed by atoms with Crippen molar-refractivity contribution in [3.05, 3.63) is 28.9 Å². The highest BCUT2D eigenvalue weighted by Crippen LogP contribution is 2.22. The summed E-state index contributed by atoms with van der Waals surface area (Å²) in [5.41, 5.74) is 6.93. The number of rotatable bonds is 3. The van der Waals surface area contributed by atoms with Gasteiger partial charge in [0.1, 0.15) is 10.7 Å². The molecule has 0 aromatic carbocycles. The lowest BCUT2D eigenvalue weighted by atomic mass is 10.3. The summed E-state index contributed by atoms with van der Waals surface area (Å²) in [7, 11) is 0. The van der Waals surface area contributed by atoms with Gasteiger partial charge in [-0.05, 0) is 31.9 Å². The van der Waals surface area contributed by atoms with Gasteiger partial charge in [-0.3, -0.25) is 4.79 Å². The normalized spacial score (nSPS) is 14.4. The van der Waals surface area contributed by atoms with Crippen molar-refractivity contribution in [1.82, 2.24) is 9.97 Å². The van der Waals surface area contributed by atoms with Gasteiger partial charge in [0.05, 0.1) is 17.6 Å². The smallest absolute Gasteiger partial charge is 0.267 e. The monoisotopic (exact) mass is 303 g/mol. The first-order valence-corrected chi connectivity index (χ1v) is 7.70. The number of nitrogens with zero attached hydrogens (tertiary/aromatic N) is 3. The van der Waals surface area contributed by atoms with Crippen LogP contribution in [0.25, 0.3) is 0 Å². The molecule has 0 saturated carbocycles. The van der Waals surface area contributed by atoms with Crippen LogP contribution < -0.4 is 16.0 Å². The lowest BCUT2D eigenvalue weighted by molar-refractivity contribution is 0.103. The van der Waals surface area contributed by atoms with E-state index in [4.69, 9.17) is 5.73 Å². The molecule has 1 aliphatic rings. The van der Waals surface area contributed by atoms with Crippen LogP contribution in [-0.2, 0) is 0 Å². The Morgan fingerprint density at radius 3 is 2.71 bits per heavy atom. The summed E-state index contributed by atoms with van der Waals surface area (Å²) in [6, 6.07) is 3.81. The molecule has 0 radical (unpaired) electrons. The highest BCUT2D eigenvalue weighted by molar-refractivity contribution is 7.17. The van der Waals surface area contributed by atoms with E-state index in [9.17, 15) is 4.79 Å². The second-order valence-corrected chi connectivity index (χ2v) is 6.05. The molecule has 1 fully saturated rings. The summed E-state index contributed by atoms with van der Waals surface area (Å²) in [5, 5.41) is 3.23. The molecule has 0 atom stereocenters. The van der Waals surface area contributed by atoms with Crippen molar-refractivity contribution in [2.45, 2.75) is 19.8 Å². The van der Waals surface area contributed by atoms with Gasteiger partial charge in [-0.25, -0.2) is 9.97 Å². The second kappa shape index (κ2) is 5.69. The predicted molar refractivity (Wildman–Crippen MR) is 84.9 cm³/mol. The Morgan fingerprint density at radius 1 is 1.38 bits per heavy atom. The number of amides is 1. The first-order chi connectivity index (χ1) is 10.1. The zero-order chi connectivity index (χ0) is 14.8. The first-order valence-electron chi connectivity index (χ1n) is 6.89. The van der Waals surface area contributed by atoms with Crippen LogP contribution in [0, 0.1) is 6.92 Å². The molecule has 0 aliphatic carbocycles. The van der Waals surface area contributed by atoms with E-state index in [0.29, 0.717) is 21.4 Å². The van der Waals surface area contributed by atoms with Gasteiger partial charge in [0.25, 0.3) is 5.91 Å².